The number of hydrogen-bond donors (Lipinski definition) is 2. The summed E-state index contributed by atoms with van der Waals surface area (Å²) in [6.07, 6.45) is 4.85. The highest BCUT2D eigenvalue weighted by molar-refractivity contribution is 6.31. The summed E-state index contributed by atoms with van der Waals surface area (Å²) in [6, 6.07) is 2.23. The molecule has 4 nitrogen and oxygen atoms in total. The lowest BCUT2D eigenvalue weighted by molar-refractivity contribution is -0.122. The molecule has 0 aliphatic carbocycles. The number of nitrogens with zero attached hydrogens (tertiary/aromatic N) is 1. The Morgan fingerprint density at radius 2 is 2.50 bits per heavy atom. The van der Waals surface area contributed by atoms with Gasteiger partial charge in [0.25, 0.3) is 0 Å². The molecule has 0 spiro atoms. The number of hydrogen-bond acceptors (Lipinski definition) is 3. The average Bonchev–Trinajstić information content (AvgIpc) is 2.30. The first kappa shape index (κ1) is 11.4. The van der Waals surface area contributed by atoms with E-state index in [0.717, 1.165) is 12.0 Å². The smallest absolute Gasteiger partial charge is 0.220 e. The molecule has 0 aromatic carbocycles. The van der Waals surface area contributed by atoms with E-state index in [9.17, 15) is 4.79 Å². The molecule has 1 amide bonds. The molecular weight excluding hydrogens is 226 g/mol. The zero-order valence-corrected chi connectivity index (χ0v) is 9.63. The number of halogens is 1. The molecule has 5 heteroatoms. The topological polar surface area (TPSA) is 54.0 Å². The molecule has 16 heavy (non-hydrogen) atoms. The lowest BCUT2D eigenvalue weighted by Crippen LogP contribution is -2.45. The van der Waals surface area contributed by atoms with Crippen molar-refractivity contribution in [1.82, 2.24) is 15.6 Å². The number of amides is 1. The lowest BCUT2D eigenvalue weighted by atomic mass is 10.1. The minimum Gasteiger partial charge on any atom is -0.355 e. The van der Waals surface area contributed by atoms with Crippen molar-refractivity contribution in [2.24, 2.45) is 0 Å². The van der Waals surface area contributed by atoms with Gasteiger partial charge in [-0.25, -0.2) is 0 Å². The molecule has 0 saturated carbocycles. The standard InChI is InChI=1S/C11H14ClN3O/c12-10-7-13-4-3-8(10)5-14-9-1-2-11(16)15-6-9/h3-4,7,9,14H,1-2,5-6H2,(H,15,16). The van der Waals surface area contributed by atoms with E-state index in [1.165, 1.54) is 0 Å². The quantitative estimate of drug-likeness (QED) is 0.831. The predicted octanol–water partition coefficient (Wildman–Crippen LogP) is 1.10. The molecule has 1 unspecified atom stereocenters. The van der Waals surface area contributed by atoms with Crippen molar-refractivity contribution in [2.45, 2.75) is 25.4 Å². The maximum atomic E-state index is 11.0. The maximum Gasteiger partial charge on any atom is 0.220 e. The third-order valence-corrected chi connectivity index (χ3v) is 3.04. The fraction of sp³-hybridized carbons (Fsp3) is 0.455. The van der Waals surface area contributed by atoms with Gasteiger partial charge in [0.15, 0.2) is 0 Å². The molecule has 86 valence electrons. The highest BCUT2D eigenvalue weighted by Crippen LogP contribution is 2.13. The van der Waals surface area contributed by atoms with Gasteiger partial charge in [-0.05, 0) is 18.1 Å². The monoisotopic (exact) mass is 239 g/mol. The number of nitrogens with one attached hydrogen (secondary N) is 2. The van der Waals surface area contributed by atoms with Crippen LogP contribution in [0.25, 0.3) is 0 Å². The van der Waals surface area contributed by atoms with Crippen LogP contribution in [0.5, 0.6) is 0 Å². The van der Waals surface area contributed by atoms with Gasteiger partial charge in [0.1, 0.15) is 0 Å². The number of pyridine rings is 1. The first-order valence-corrected chi connectivity index (χ1v) is 5.72. The number of aromatic nitrogens is 1. The summed E-state index contributed by atoms with van der Waals surface area (Å²) in [5.41, 5.74) is 1.04. The van der Waals surface area contributed by atoms with Gasteiger partial charge < -0.3 is 10.6 Å². The van der Waals surface area contributed by atoms with Crippen molar-refractivity contribution in [3.8, 4) is 0 Å². The zero-order chi connectivity index (χ0) is 11.4. The van der Waals surface area contributed by atoms with Crippen LogP contribution in [0.3, 0.4) is 0 Å². The van der Waals surface area contributed by atoms with Crippen LogP contribution in [0, 0.1) is 0 Å². The summed E-state index contributed by atoms with van der Waals surface area (Å²) in [6.45, 7) is 1.41. The van der Waals surface area contributed by atoms with Crippen LogP contribution in [-0.2, 0) is 11.3 Å². The predicted molar refractivity (Wildman–Crippen MR) is 62.1 cm³/mol. The van der Waals surface area contributed by atoms with E-state index < -0.39 is 0 Å². The van der Waals surface area contributed by atoms with E-state index in [-0.39, 0.29) is 5.91 Å². The van der Waals surface area contributed by atoms with E-state index in [0.29, 0.717) is 30.6 Å². The molecule has 1 aromatic heterocycles. The number of carbonyl (C=O) groups excluding carboxylic acids is 1. The van der Waals surface area contributed by atoms with Gasteiger partial charge in [0.2, 0.25) is 5.91 Å². The van der Waals surface area contributed by atoms with Crippen LogP contribution in [0.4, 0.5) is 0 Å². The average molecular weight is 240 g/mol. The fourth-order valence-electron chi connectivity index (χ4n) is 1.71. The Balaban J connectivity index is 1.84. The summed E-state index contributed by atoms with van der Waals surface area (Å²) < 4.78 is 0. The van der Waals surface area contributed by atoms with Gasteiger partial charge in [-0.3, -0.25) is 9.78 Å². The molecule has 1 atom stereocenters. The molecule has 1 aromatic rings. The van der Waals surface area contributed by atoms with Gasteiger partial charge in [0.05, 0.1) is 5.02 Å². The van der Waals surface area contributed by atoms with Gasteiger partial charge in [-0.1, -0.05) is 11.6 Å². The van der Waals surface area contributed by atoms with Crippen LogP contribution in [-0.4, -0.2) is 23.5 Å². The molecule has 2 rings (SSSR count). The Labute approximate surface area is 99.4 Å². The van der Waals surface area contributed by atoms with E-state index in [1.807, 2.05) is 6.07 Å². The molecule has 0 radical (unpaired) electrons. The Morgan fingerprint density at radius 3 is 3.19 bits per heavy atom. The van der Waals surface area contributed by atoms with Gasteiger partial charge in [0, 0.05) is 37.9 Å². The SMILES string of the molecule is O=C1CCC(NCc2ccncc2Cl)CN1. The second kappa shape index (κ2) is 5.27. The van der Waals surface area contributed by atoms with Crippen molar-refractivity contribution < 1.29 is 4.79 Å². The highest BCUT2D eigenvalue weighted by Gasteiger charge is 2.17. The number of piperidine rings is 1. The molecule has 1 aliphatic heterocycles. The first-order valence-electron chi connectivity index (χ1n) is 5.34. The Morgan fingerprint density at radius 1 is 1.62 bits per heavy atom. The van der Waals surface area contributed by atoms with Gasteiger partial charge in [-0.2, -0.15) is 0 Å². The minimum absolute atomic E-state index is 0.139. The van der Waals surface area contributed by atoms with Crippen molar-refractivity contribution in [1.29, 1.82) is 0 Å². The Kier molecular flexibility index (Phi) is 3.74. The van der Waals surface area contributed by atoms with Crippen LogP contribution < -0.4 is 10.6 Å². The van der Waals surface area contributed by atoms with E-state index >= 15 is 0 Å². The summed E-state index contributed by atoms with van der Waals surface area (Å²) in [7, 11) is 0. The summed E-state index contributed by atoms with van der Waals surface area (Å²) in [4.78, 5) is 14.9. The van der Waals surface area contributed by atoms with Crippen LogP contribution in [0.15, 0.2) is 18.5 Å². The van der Waals surface area contributed by atoms with Crippen molar-refractivity contribution in [2.75, 3.05) is 6.54 Å². The molecule has 0 bridgehead atoms. The second-order valence-corrected chi connectivity index (χ2v) is 4.29. The normalized spacial score (nSPS) is 20.6. The van der Waals surface area contributed by atoms with E-state index in [4.69, 9.17) is 11.6 Å². The van der Waals surface area contributed by atoms with Crippen molar-refractivity contribution in [3.05, 3.63) is 29.0 Å². The van der Waals surface area contributed by atoms with E-state index in [2.05, 4.69) is 15.6 Å². The maximum absolute atomic E-state index is 11.0. The van der Waals surface area contributed by atoms with E-state index in [1.54, 1.807) is 12.4 Å². The second-order valence-electron chi connectivity index (χ2n) is 3.89. The highest BCUT2D eigenvalue weighted by atomic mass is 35.5. The fourth-order valence-corrected chi connectivity index (χ4v) is 1.89. The van der Waals surface area contributed by atoms with Gasteiger partial charge in [-0.15, -0.1) is 0 Å². The summed E-state index contributed by atoms with van der Waals surface area (Å²) in [5, 5.41) is 6.88. The van der Waals surface area contributed by atoms with Gasteiger partial charge >= 0.3 is 0 Å². The van der Waals surface area contributed by atoms with Crippen molar-refractivity contribution in [3.63, 3.8) is 0 Å². The molecule has 2 N–H and O–H groups in total. The first-order chi connectivity index (χ1) is 7.75. The largest absolute Gasteiger partial charge is 0.355 e. The third kappa shape index (κ3) is 2.93. The van der Waals surface area contributed by atoms with Crippen molar-refractivity contribution >= 4 is 17.5 Å². The number of carbonyl (C=O) groups is 1. The van der Waals surface area contributed by atoms with Crippen LogP contribution >= 0.6 is 11.6 Å². The zero-order valence-electron chi connectivity index (χ0n) is 8.87. The Hall–Kier alpha value is -1.13. The molecule has 2 heterocycles. The lowest BCUT2D eigenvalue weighted by Gasteiger charge is -2.23. The Bertz CT molecular complexity index is 373. The molecule has 1 saturated heterocycles. The van der Waals surface area contributed by atoms with Crippen LogP contribution in [0.2, 0.25) is 5.02 Å². The number of rotatable bonds is 3. The third-order valence-electron chi connectivity index (χ3n) is 2.70. The van der Waals surface area contributed by atoms with Crippen LogP contribution in [0.1, 0.15) is 18.4 Å². The minimum atomic E-state index is 0.139. The molecule has 1 fully saturated rings. The molecule has 1 aliphatic rings. The summed E-state index contributed by atoms with van der Waals surface area (Å²) >= 11 is 5.99. The molecular formula is C11H14ClN3O. The summed E-state index contributed by atoms with van der Waals surface area (Å²) in [5.74, 6) is 0.139.